The predicted octanol–water partition coefficient (Wildman–Crippen LogP) is 1.15. The molecule has 0 saturated carbocycles. The van der Waals surface area contributed by atoms with Crippen LogP contribution in [-0.4, -0.2) is 16.5 Å². The van der Waals surface area contributed by atoms with Crippen molar-refractivity contribution >= 4 is 6.21 Å². The first kappa shape index (κ1) is 11.5. The predicted molar refractivity (Wildman–Crippen MR) is 72.2 cm³/mol. The molecular weight excluding hydrogens is 238 g/mol. The molecule has 1 aliphatic rings. The third-order valence-electron chi connectivity index (χ3n) is 2.95. The molecule has 1 aliphatic heterocycles. The topological polar surface area (TPSA) is 54.0 Å². The SMILES string of the molecule is C[n+]1cc(-c2ccc(C3N=CC=CN3)cc2)cnn1. The maximum absolute atomic E-state index is 4.37. The van der Waals surface area contributed by atoms with Gasteiger partial charge < -0.3 is 5.32 Å². The molecule has 0 radical (unpaired) electrons. The van der Waals surface area contributed by atoms with Crippen molar-refractivity contribution in [1.29, 1.82) is 0 Å². The van der Waals surface area contributed by atoms with E-state index in [9.17, 15) is 0 Å². The second-order valence-corrected chi connectivity index (χ2v) is 4.34. The molecule has 0 aliphatic carbocycles. The summed E-state index contributed by atoms with van der Waals surface area (Å²) in [5, 5.41) is 11.0. The van der Waals surface area contributed by atoms with Crippen molar-refractivity contribution in [2.75, 3.05) is 0 Å². The van der Waals surface area contributed by atoms with E-state index in [1.165, 1.54) is 0 Å². The van der Waals surface area contributed by atoms with Crippen molar-refractivity contribution in [2.24, 2.45) is 12.0 Å². The molecule has 1 unspecified atom stereocenters. The van der Waals surface area contributed by atoms with E-state index in [0.717, 1.165) is 16.7 Å². The van der Waals surface area contributed by atoms with Crippen LogP contribution in [0.25, 0.3) is 11.1 Å². The largest absolute Gasteiger partial charge is 0.366 e. The van der Waals surface area contributed by atoms with Crippen LogP contribution >= 0.6 is 0 Å². The molecule has 0 fully saturated rings. The van der Waals surface area contributed by atoms with Crippen molar-refractivity contribution in [3.05, 3.63) is 54.5 Å². The number of nitrogens with one attached hydrogen (secondary N) is 1. The summed E-state index contributed by atoms with van der Waals surface area (Å²) in [7, 11) is 1.86. The van der Waals surface area contributed by atoms with Gasteiger partial charge in [-0.1, -0.05) is 24.3 Å². The summed E-state index contributed by atoms with van der Waals surface area (Å²) >= 11 is 0. The van der Waals surface area contributed by atoms with E-state index in [0.29, 0.717) is 0 Å². The number of aryl methyl sites for hydroxylation is 1. The summed E-state index contributed by atoms with van der Waals surface area (Å²) in [4.78, 5) is 4.37. The molecule has 1 atom stereocenters. The third-order valence-corrected chi connectivity index (χ3v) is 2.95. The van der Waals surface area contributed by atoms with Crippen LogP contribution in [0.5, 0.6) is 0 Å². The molecule has 1 aromatic carbocycles. The highest BCUT2D eigenvalue weighted by Gasteiger charge is 2.09. The fraction of sp³-hybridized carbons (Fsp3) is 0.143. The first-order chi connectivity index (χ1) is 9.33. The molecule has 2 aromatic rings. The molecule has 0 saturated heterocycles. The second-order valence-electron chi connectivity index (χ2n) is 4.34. The van der Waals surface area contributed by atoms with Crippen LogP contribution in [-0.2, 0) is 7.05 Å². The maximum Gasteiger partial charge on any atom is 0.179 e. The summed E-state index contributed by atoms with van der Waals surface area (Å²) in [6.45, 7) is 0. The number of aromatic nitrogens is 3. The number of hydrogen-bond donors (Lipinski definition) is 1. The van der Waals surface area contributed by atoms with Crippen molar-refractivity contribution in [3.8, 4) is 11.1 Å². The van der Waals surface area contributed by atoms with Gasteiger partial charge in [-0.2, -0.15) is 0 Å². The average Bonchev–Trinajstić information content (AvgIpc) is 2.48. The minimum atomic E-state index is 0.00530. The van der Waals surface area contributed by atoms with Crippen molar-refractivity contribution < 1.29 is 4.68 Å². The number of nitrogens with zero attached hydrogens (tertiary/aromatic N) is 4. The van der Waals surface area contributed by atoms with Crippen LogP contribution in [0.4, 0.5) is 0 Å². The first-order valence-corrected chi connectivity index (χ1v) is 6.06. The Morgan fingerprint density at radius 2 is 2.00 bits per heavy atom. The molecule has 1 N–H and O–H groups in total. The van der Waals surface area contributed by atoms with Gasteiger partial charge in [-0.25, -0.2) is 0 Å². The monoisotopic (exact) mass is 252 g/mol. The van der Waals surface area contributed by atoms with Crippen LogP contribution in [0.2, 0.25) is 0 Å². The lowest BCUT2D eigenvalue weighted by Gasteiger charge is -2.15. The van der Waals surface area contributed by atoms with Crippen LogP contribution in [0.1, 0.15) is 11.7 Å². The Morgan fingerprint density at radius 3 is 2.68 bits per heavy atom. The number of hydrogen-bond acceptors (Lipinski definition) is 4. The lowest BCUT2D eigenvalue weighted by Crippen LogP contribution is -2.33. The van der Waals surface area contributed by atoms with Crippen LogP contribution < -0.4 is 10.00 Å². The van der Waals surface area contributed by atoms with E-state index in [-0.39, 0.29) is 6.17 Å². The van der Waals surface area contributed by atoms with E-state index < -0.39 is 0 Å². The Balaban J connectivity index is 1.86. The second kappa shape index (κ2) is 4.97. The molecular formula is C14H14N5+. The molecule has 5 nitrogen and oxygen atoms in total. The number of benzene rings is 1. The first-order valence-electron chi connectivity index (χ1n) is 6.06. The van der Waals surface area contributed by atoms with E-state index in [4.69, 9.17) is 0 Å². The Morgan fingerprint density at radius 1 is 1.16 bits per heavy atom. The highest BCUT2D eigenvalue weighted by molar-refractivity contribution is 5.72. The Bertz CT molecular complexity index is 631. The van der Waals surface area contributed by atoms with Crippen LogP contribution in [0, 0.1) is 0 Å². The lowest BCUT2D eigenvalue weighted by atomic mass is 10.1. The minimum absolute atomic E-state index is 0.00530. The van der Waals surface area contributed by atoms with Gasteiger partial charge in [-0.3, -0.25) is 4.99 Å². The van der Waals surface area contributed by atoms with Gasteiger partial charge in [0.25, 0.3) is 0 Å². The third kappa shape index (κ3) is 2.49. The Kier molecular flexibility index (Phi) is 3.02. The smallest absolute Gasteiger partial charge is 0.179 e. The highest BCUT2D eigenvalue weighted by atomic mass is 15.4. The van der Waals surface area contributed by atoms with Gasteiger partial charge in [-0.05, 0) is 23.4 Å². The molecule has 3 rings (SSSR count). The van der Waals surface area contributed by atoms with E-state index in [1.54, 1.807) is 10.9 Å². The van der Waals surface area contributed by atoms with Gasteiger partial charge in [0.1, 0.15) is 24.6 Å². The fourth-order valence-electron chi connectivity index (χ4n) is 1.99. The van der Waals surface area contributed by atoms with Gasteiger partial charge in [0.15, 0.2) is 6.20 Å². The summed E-state index contributed by atoms with van der Waals surface area (Å²) in [6, 6.07) is 8.29. The summed E-state index contributed by atoms with van der Waals surface area (Å²) in [6.07, 6.45) is 9.30. The van der Waals surface area contributed by atoms with Crippen molar-refractivity contribution in [3.63, 3.8) is 0 Å². The zero-order valence-electron chi connectivity index (χ0n) is 10.6. The van der Waals surface area contributed by atoms with E-state index in [2.05, 4.69) is 44.9 Å². The van der Waals surface area contributed by atoms with Crippen molar-refractivity contribution in [1.82, 2.24) is 15.6 Å². The Labute approximate surface area is 111 Å². The summed E-state index contributed by atoms with van der Waals surface area (Å²) < 4.78 is 1.70. The van der Waals surface area contributed by atoms with Crippen molar-refractivity contribution in [2.45, 2.75) is 6.17 Å². The average molecular weight is 252 g/mol. The zero-order chi connectivity index (χ0) is 13.1. The van der Waals surface area contributed by atoms with Gasteiger partial charge in [-0.15, -0.1) is 4.68 Å². The normalized spacial score (nSPS) is 17.2. The number of rotatable bonds is 2. The fourth-order valence-corrected chi connectivity index (χ4v) is 1.99. The maximum atomic E-state index is 4.37. The molecule has 0 amide bonds. The molecule has 0 bridgehead atoms. The van der Waals surface area contributed by atoms with Gasteiger partial charge in [0, 0.05) is 6.21 Å². The summed E-state index contributed by atoms with van der Waals surface area (Å²) in [5.41, 5.74) is 3.30. The molecule has 19 heavy (non-hydrogen) atoms. The van der Waals surface area contributed by atoms with Gasteiger partial charge in [0.2, 0.25) is 0 Å². The zero-order valence-corrected chi connectivity index (χ0v) is 10.6. The Hall–Kier alpha value is -2.56. The summed E-state index contributed by atoms with van der Waals surface area (Å²) in [5.74, 6) is 0. The number of allylic oxidation sites excluding steroid dienone is 1. The van der Waals surface area contributed by atoms with Crippen LogP contribution in [0.15, 0.2) is 53.9 Å². The molecule has 5 heteroatoms. The quantitative estimate of drug-likeness (QED) is 0.816. The molecule has 1 aromatic heterocycles. The molecule has 0 spiro atoms. The molecule has 94 valence electrons. The highest BCUT2D eigenvalue weighted by Crippen LogP contribution is 2.21. The standard InChI is InChI=1S/C14H14N5/c1-19-10-13(9-17-18-19)11-3-5-12(6-4-11)14-15-7-2-8-16-14/h2-10,14-15H,1H3/q+1. The minimum Gasteiger partial charge on any atom is -0.366 e. The van der Waals surface area contributed by atoms with Crippen LogP contribution in [0.3, 0.4) is 0 Å². The lowest BCUT2D eigenvalue weighted by molar-refractivity contribution is -0.735. The van der Waals surface area contributed by atoms with Gasteiger partial charge in [0.05, 0.1) is 10.7 Å². The van der Waals surface area contributed by atoms with E-state index in [1.807, 2.05) is 31.7 Å². The van der Waals surface area contributed by atoms with Gasteiger partial charge >= 0.3 is 0 Å². The number of aliphatic imine (C=N–C) groups is 1. The molecule has 2 heterocycles. The van der Waals surface area contributed by atoms with E-state index >= 15 is 0 Å².